The third kappa shape index (κ3) is 2.46. The average Bonchev–Trinajstić information content (AvgIpc) is 2.87. The largest absolute Gasteiger partial charge is 0.338 e. The summed E-state index contributed by atoms with van der Waals surface area (Å²) in [5.41, 5.74) is 9.18. The standard InChI is InChI=1S/C18H23N5/c1-8-9(2)11(4)15(12(5)10(8)3)23-18-16-17(20-13(6)19-16)21-14(7)22-18/h1-7H3,(H2,19,20,21,22,23). The summed E-state index contributed by atoms with van der Waals surface area (Å²) < 4.78 is 0. The number of rotatable bonds is 2. The molecule has 0 fully saturated rings. The summed E-state index contributed by atoms with van der Waals surface area (Å²) in [4.78, 5) is 16.7. The van der Waals surface area contributed by atoms with Crippen molar-refractivity contribution in [2.75, 3.05) is 5.32 Å². The smallest absolute Gasteiger partial charge is 0.183 e. The molecular formula is C18H23N5. The normalized spacial score (nSPS) is 11.3. The number of aromatic nitrogens is 4. The van der Waals surface area contributed by atoms with Gasteiger partial charge in [-0.1, -0.05) is 0 Å². The van der Waals surface area contributed by atoms with Crippen LogP contribution in [0.1, 0.15) is 39.5 Å². The van der Waals surface area contributed by atoms with Crippen LogP contribution in [-0.4, -0.2) is 19.9 Å². The van der Waals surface area contributed by atoms with Crippen molar-refractivity contribution in [3.05, 3.63) is 39.5 Å². The monoisotopic (exact) mass is 309 g/mol. The molecule has 2 aromatic heterocycles. The number of nitrogens with one attached hydrogen (secondary N) is 2. The van der Waals surface area contributed by atoms with E-state index in [4.69, 9.17) is 0 Å². The van der Waals surface area contributed by atoms with Crippen molar-refractivity contribution in [2.24, 2.45) is 0 Å². The summed E-state index contributed by atoms with van der Waals surface area (Å²) in [7, 11) is 0. The third-order valence-corrected chi connectivity index (χ3v) is 4.82. The fourth-order valence-corrected chi connectivity index (χ4v) is 3.02. The van der Waals surface area contributed by atoms with E-state index in [1.54, 1.807) is 0 Å². The van der Waals surface area contributed by atoms with Crippen LogP contribution >= 0.6 is 0 Å². The molecule has 5 heteroatoms. The Morgan fingerprint density at radius 1 is 0.696 bits per heavy atom. The van der Waals surface area contributed by atoms with E-state index in [1.165, 1.54) is 27.8 Å². The maximum Gasteiger partial charge on any atom is 0.183 e. The van der Waals surface area contributed by atoms with Gasteiger partial charge in [-0.3, -0.25) is 0 Å². The second-order valence-electron chi connectivity index (χ2n) is 6.27. The lowest BCUT2D eigenvalue weighted by Crippen LogP contribution is -2.05. The van der Waals surface area contributed by atoms with Crippen molar-refractivity contribution >= 4 is 22.7 Å². The first kappa shape index (κ1) is 15.5. The predicted octanol–water partition coefficient (Wildman–Crippen LogP) is 4.26. The second kappa shape index (κ2) is 5.33. The minimum absolute atomic E-state index is 0.702. The Hall–Kier alpha value is -2.43. The molecule has 23 heavy (non-hydrogen) atoms. The van der Waals surface area contributed by atoms with Gasteiger partial charge < -0.3 is 10.3 Å². The molecule has 1 aromatic carbocycles. The number of imidazole rings is 1. The maximum absolute atomic E-state index is 4.58. The zero-order valence-electron chi connectivity index (χ0n) is 14.8. The van der Waals surface area contributed by atoms with Crippen molar-refractivity contribution in [1.29, 1.82) is 0 Å². The number of benzene rings is 1. The van der Waals surface area contributed by atoms with Gasteiger partial charge in [0.1, 0.15) is 17.2 Å². The Labute approximate surface area is 136 Å². The molecule has 0 unspecified atom stereocenters. The molecule has 0 spiro atoms. The summed E-state index contributed by atoms with van der Waals surface area (Å²) in [5, 5.41) is 3.52. The molecular weight excluding hydrogens is 286 g/mol. The summed E-state index contributed by atoms with van der Waals surface area (Å²) in [6.07, 6.45) is 0. The maximum atomic E-state index is 4.58. The van der Waals surface area contributed by atoms with Crippen molar-refractivity contribution < 1.29 is 0 Å². The highest BCUT2D eigenvalue weighted by molar-refractivity contribution is 5.86. The van der Waals surface area contributed by atoms with Gasteiger partial charge in [-0.05, 0) is 76.3 Å². The van der Waals surface area contributed by atoms with Crippen LogP contribution in [0, 0.1) is 48.5 Å². The van der Waals surface area contributed by atoms with Gasteiger partial charge in [0.15, 0.2) is 11.5 Å². The average molecular weight is 309 g/mol. The van der Waals surface area contributed by atoms with Crippen molar-refractivity contribution in [3.8, 4) is 0 Å². The first-order valence-electron chi connectivity index (χ1n) is 7.84. The summed E-state index contributed by atoms with van der Waals surface area (Å²) in [5.74, 6) is 2.33. The molecule has 3 aromatic rings. The Kier molecular flexibility index (Phi) is 3.59. The van der Waals surface area contributed by atoms with Gasteiger partial charge in [-0.2, -0.15) is 0 Å². The van der Waals surface area contributed by atoms with Gasteiger partial charge in [-0.15, -0.1) is 0 Å². The lowest BCUT2D eigenvalue weighted by molar-refractivity contribution is 1.08. The first-order valence-corrected chi connectivity index (χ1v) is 7.84. The van der Waals surface area contributed by atoms with E-state index in [0.717, 1.165) is 22.8 Å². The Balaban J connectivity index is 2.21. The van der Waals surface area contributed by atoms with E-state index in [1.807, 2.05) is 13.8 Å². The van der Waals surface area contributed by atoms with Crippen molar-refractivity contribution in [3.63, 3.8) is 0 Å². The molecule has 0 radical (unpaired) electrons. The lowest BCUT2D eigenvalue weighted by atomic mass is 9.93. The number of H-pyrrole nitrogens is 1. The van der Waals surface area contributed by atoms with Gasteiger partial charge in [-0.25, -0.2) is 15.0 Å². The predicted molar refractivity (Wildman–Crippen MR) is 94.6 cm³/mol. The van der Waals surface area contributed by atoms with E-state index in [2.05, 4.69) is 59.9 Å². The molecule has 0 aliphatic rings. The number of hydrogen-bond donors (Lipinski definition) is 2. The number of fused-ring (bicyclic) bond motifs is 1. The molecule has 0 amide bonds. The topological polar surface area (TPSA) is 66.5 Å². The minimum atomic E-state index is 0.702. The summed E-state index contributed by atoms with van der Waals surface area (Å²) in [6, 6.07) is 0. The second-order valence-corrected chi connectivity index (χ2v) is 6.27. The SMILES string of the molecule is Cc1nc(Nc2c(C)c(C)c(C)c(C)c2C)c2[nH]c(C)nc2n1. The van der Waals surface area contributed by atoms with Gasteiger partial charge >= 0.3 is 0 Å². The van der Waals surface area contributed by atoms with E-state index < -0.39 is 0 Å². The molecule has 2 N–H and O–H groups in total. The minimum Gasteiger partial charge on any atom is -0.338 e. The Bertz CT molecular complexity index is 892. The molecule has 5 nitrogen and oxygen atoms in total. The Morgan fingerprint density at radius 2 is 1.26 bits per heavy atom. The van der Waals surface area contributed by atoms with Crippen LogP contribution in [0.25, 0.3) is 11.2 Å². The number of nitrogens with zero attached hydrogens (tertiary/aromatic N) is 3. The van der Waals surface area contributed by atoms with Gasteiger partial charge in [0.05, 0.1) is 0 Å². The van der Waals surface area contributed by atoms with Crippen molar-refractivity contribution in [1.82, 2.24) is 19.9 Å². The van der Waals surface area contributed by atoms with Crippen LogP contribution in [0.2, 0.25) is 0 Å². The molecule has 0 saturated carbocycles. The molecule has 2 heterocycles. The van der Waals surface area contributed by atoms with E-state index in [9.17, 15) is 0 Å². The fourth-order valence-electron chi connectivity index (χ4n) is 3.02. The fraction of sp³-hybridized carbons (Fsp3) is 0.389. The molecule has 0 atom stereocenters. The van der Waals surface area contributed by atoms with Crippen LogP contribution < -0.4 is 5.32 Å². The van der Waals surface area contributed by atoms with Crippen LogP contribution in [0.4, 0.5) is 11.5 Å². The van der Waals surface area contributed by atoms with E-state index >= 15 is 0 Å². The first-order chi connectivity index (χ1) is 10.8. The molecule has 0 aliphatic heterocycles. The number of anilines is 2. The molecule has 0 bridgehead atoms. The highest BCUT2D eigenvalue weighted by atomic mass is 15.1. The third-order valence-electron chi connectivity index (χ3n) is 4.82. The molecule has 120 valence electrons. The quantitative estimate of drug-likeness (QED) is 0.742. The van der Waals surface area contributed by atoms with Crippen LogP contribution in [0.5, 0.6) is 0 Å². The summed E-state index contributed by atoms with van der Waals surface area (Å²) in [6.45, 7) is 14.6. The van der Waals surface area contributed by atoms with Gasteiger partial charge in [0.25, 0.3) is 0 Å². The molecule has 0 aliphatic carbocycles. The number of hydrogen-bond acceptors (Lipinski definition) is 4. The zero-order valence-corrected chi connectivity index (χ0v) is 14.8. The van der Waals surface area contributed by atoms with Crippen LogP contribution in [0.3, 0.4) is 0 Å². The van der Waals surface area contributed by atoms with Gasteiger partial charge in [0.2, 0.25) is 0 Å². The van der Waals surface area contributed by atoms with E-state index in [0.29, 0.717) is 11.5 Å². The van der Waals surface area contributed by atoms with Crippen molar-refractivity contribution in [2.45, 2.75) is 48.5 Å². The lowest BCUT2D eigenvalue weighted by Gasteiger charge is -2.19. The van der Waals surface area contributed by atoms with E-state index in [-0.39, 0.29) is 0 Å². The molecule has 3 rings (SSSR count). The highest BCUT2D eigenvalue weighted by Crippen LogP contribution is 2.33. The molecule has 0 saturated heterocycles. The van der Waals surface area contributed by atoms with Crippen LogP contribution in [0.15, 0.2) is 0 Å². The Morgan fingerprint density at radius 3 is 1.87 bits per heavy atom. The summed E-state index contributed by atoms with van der Waals surface area (Å²) >= 11 is 0. The van der Waals surface area contributed by atoms with Gasteiger partial charge in [0, 0.05) is 5.69 Å². The number of aromatic amines is 1. The van der Waals surface area contributed by atoms with Crippen LogP contribution in [-0.2, 0) is 0 Å². The highest BCUT2D eigenvalue weighted by Gasteiger charge is 2.16. The number of aryl methyl sites for hydroxylation is 2. The zero-order chi connectivity index (χ0) is 16.9.